The molecule has 0 unspecified atom stereocenters. The van der Waals surface area contributed by atoms with Gasteiger partial charge in [0.15, 0.2) is 0 Å². The van der Waals surface area contributed by atoms with Crippen LogP contribution in [0.3, 0.4) is 0 Å². The number of nitrogens with zero attached hydrogens (tertiary/aromatic N) is 1. The van der Waals surface area contributed by atoms with E-state index in [9.17, 15) is 18.0 Å². The number of carbonyl (C=O) groups is 2. The van der Waals surface area contributed by atoms with Crippen LogP contribution in [0, 0.1) is 11.8 Å². The molecule has 1 aromatic rings. The number of amides is 2. The molecule has 2 rings (SSSR count). The Morgan fingerprint density at radius 1 is 1.10 bits per heavy atom. The van der Waals surface area contributed by atoms with Crippen LogP contribution in [-0.2, 0) is 14.8 Å². The Balaban J connectivity index is 2.09. The molecular weight excluding hydrogens is 414 g/mol. The fraction of sp³-hybridized carbons (Fsp3) is 0.652. The third-order valence-electron chi connectivity index (χ3n) is 5.96. The van der Waals surface area contributed by atoms with Crippen LogP contribution in [0.4, 0.5) is 0 Å². The Labute approximate surface area is 187 Å². The van der Waals surface area contributed by atoms with E-state index in [-0.39, 0.29) is 22.3 Å². The van der Waals surface area contributed by atoms with Crippen LogP contribution >= 0.6 is 0 Å². The lowest BCUT2D eigenvalue weighted by Gasteiger charge is -2.25. The van der Waals surface area contributed by atoms with Gasteiger partial charge < -0.3 is 10.6 Å². The van der Waals surface area contributed by atoms with Crippen molar-refractivity contribution in [3.8, 4) is 0 Å². The number of rotatable bonds is 10. The van der Waals surface area contributed by atoms with Gasteiger partial charge in [-0.15, -0.1) is 0 Å². The molecule has 31 heavy (non-hydrogen) atoms. The second-order valence-corrected chi connectivity index (χ2v) is 10.5. The minimum absolute atomic E-state index is 0.0756. The van der Waals surface area contributed by atoms with Gasteiger partial charge in [-0.2, -0.15) is 4.31 Å². The first kappa shape index (κ1) is 25.3. The Hall–Kier alpha value is -1.93. The van der Waals surface area contributed by atoms with E-state index in [0.29, 0.717) is 25.6 Å². The zero-order valence-electron chi connectivity index (χ0n) is 19.2. The van der Waals surface area contributed by atoms with Gasteiger partial charge in [-0.25, -0.2) is 8.42 Å². The number of hydrogen-bond donors (Lipinski definition) is 2. The fourth-order valence-corrected chi connectivity index (χ4v) is 5.52. The SMILES string of the molecule is CCN(CC)S(=O)(=O)c1cccc(C(=O)N[C@H](C(=O)NCC2CCCCC2)C(C)C)c1. The number of nitrogens with one attached hydrogen (secondary N) is 2. The summed E-state index contributed by atoms with van der Waals surface area (Å²) in [5.74, 6) is -0.245. The van der Waals surface area contributed by atoms with Crippen molar-refractivity contribution in [1.29, 1.82) is 0 Å². The van der Waals surface area contributed by atoms with Gasteiger partial charge in [0.25, 0.3) is 5.91 Å². The Morgan fingerprint density at radius 2 is 1.74 bits per heavy atom. The second-order valence-electron chi connectivity index (χ2n) is 8.56. The van der Waals surface area contributed by atoms with Gasteiger partial charge in [0, 0.05) is 25.2 Å². The van der Waals surface area contributed by atoms with Gasteiger partial charge in [0.05, 0.1) is 4.90 Å². The molecule has 1 atom stereocenters. The lowest BCUT2D eigenvalue weighted by atomic mass is 9.89. The maximum absolute atomic E-state index is 12.9. The molecule has 2 N–H and O–H groups in total. The van der Waals surface area contributed by atoms with Crippen molar-refractivity contribution in [3.63, 3.8) is 0 Å². The lowest BCUT2D eigenvalue weighted by molar-refractivity contribution is -0.124. The topological polar surface area (TPSA) is 95.6 Å². The number of benzene rings is 1. The maximum Gasteiger partial charge on any atom is 0.251 e. The highest BCUT2D eigenvalue weighted by Gasteiger charge is 2.27. The third kappa shape index (κ3) is 6.77. The van der Waals surface area contributed by atoms with E-state index < -0.39 is 22.0 Å². The van der Waals surface area contributed by atoms with Gasteiger partial charge >= 0.3 is 0 Å². The van der Waals surface area contributed by atoms with Crippen LogP contribution in [0.1, 0.15) is 70.2 Å². The first-order valence-corrected chi connectivity index (χ1v) is 12.8. The summed E-state index contributed by atoms with van der Waals surface area (Å²) in [5, 5.41) is 5.80. The highest BCUT2D eigenvalue weighted by atomic mass is 32.2. The van der Waals surface area contributed by atoms with Gasteiger partial charge in [-0.3, -0.25) is 9.59 Å². The standard InChI is InChI=1S/C23H37N3O4S/c1-5-26(6-2)31(29,30)20-14-10-13-19(15-20)22(27)25-21(17(3)4)23(28)24-16-18-11-8-7-9-12-18/h10,13-15,17-18,21H,5-9,11-12,16H2,1-4H3,(H,24,28)(H,25,27)/t21-/m0/s1. The van der Waals surface area contributed by atoms with Crippen molar-refractivity contribution in [1.82, 2.24) is 14.9 Å². The average molecular weight is 452 g/mol. The smallest absolute Gasteiger partial charge is 0.251 e. The summed E-state index contributed by atoms with van der Waals surface area (Å²) in [6.07, 6.45) is 5.94. The summed E-state index contributed by atoms with van der Waals surface area (Å²) < 4.78 is 26.9. The minimum Gasteiger partial charge on any atom is -0.354 e. The molecule has 1 aliphatic rings. The Bertz CT molecular complexity index is 844. The van der Waals surface area contributed by atoms with Crippen LogP contribution in [0.2, 0.25) is 0 Å². The minimum atomic E-state index is -3.67. The molecule has 7 nitrogen and oxygen atoms in total. The zero-order chi connectivity index (χ0) is 23.0. The monoisotopic (exact) mass is 451 g/mol. The molecule has 0 bridgehead atoms. The molecule has 1 aromatic carbocycles. The molecule has 0 heterocycles. The molecule has 0 spiro atoms. The van der Waals surface area contributed by atoms with Crippen LogP contribution in [0.5, 0.6) is 0 Å². The second kappa shape index (κ2) is 11.6. The van der Waals surface area contributed by atoms with Gasteiger partial charge in [-0.05, 0) is 42.9 Å². The Kier molecular flexibility index (Phi) is 9.50. The van der Waals surface area contributed by atoms with E-state index in [2.05, 4.69) is 10.6 Å². The van der Waals surface area contributed by atoms with E-state index in [1.807, 2.05) is 13.8 Å². The average Bonchev–Trinajstić information content (AvgIpc) is 2.77. The highest BCUT2D eigenvalue weighted by Crippen LogP contribution is 2.23. The van der Waals surface area contributed by atoms with Crippen LogP contribution in [-0.4, -0.2) is 50.2 Å². The van der Waals surface area contributed by atoms with Crippen molar-refractivity contribution in [3.05, 3.63) is 29.8 Å². The van der Waals surface area contributed by atoms with Crippen molar-refractivity contribution in [2.45, 2.75) is 70.7 Å². The first-order valence-electron chi connectivity index (χ1n) is 11.4. The molecule has 0 radical (unpaired) electrons. The number of carbonyl (C=O) groups excluding carboxylic acids is 2. The maximum atomic E-state index is 12.9. The molecule has 0 saturated heterocycles. The number of hydrogen-bond acceptors (Lipinski definition) is 4. The first-order chi connectivity index (χ1) is 14.7. The Morgan fingerprint density at radius 3 is 2.32 bits per heavy atom. The predicted octanol–water partition coefficient (Wildman–Crippen LogP) is 3.17. The van der Waals surface area contributed by atoms with Crippen LogP contribution < -0.4 is 10.6 Å². The molecule has 0 aliphatic heterocycles. The third-order valence-corrected chi connectivity index (χ3v) is 8.01. The predicted molar refractivity (Wildman–Crippen MR) is 122 cm³/mol. The largest absolute Gasteiger partial charge is 0.354 e. The van der Waals surface area contributed by atoms with Crippen molar-refractivity contribution in [2.75, 3.05) is 19.6 Å². The van der Waals surface area contributed by atoms with Gasteiger partial charge in [0.1, 0.15) is 6.04 Å². The molecule has 1 saturated carbocycles. The fourth-order valence-electron chi connectivity index (χ4n) is 4.02. The quantitative estimate of drug-likeness (QED) is 0.571. The summed E-state index contributed by atoms with van der Waals surface area (Å²) in [7, 11) is -3.67. The van der Waals surface area contributed by atoms with Crippen molar-refractivity contribution in [2.24, 2.45) is 11.8 Å². The van der Waals surface area contributed by atoms with E-state index >= 15 is 0 Å². The zero-order valence-corrected chi connectivity index (χ0v) is 20.0. The molecule has 1 aliphatic carbocycles. The summed E-state index contributed by atoms with van der Waals surface area (Å²) in [4.78, 5) is 25.7. The molecule has 1 fully saturated rings. The van der Waals surface area contributed by atoms with Gasteiger partial charge in [-0.1, -0.05) is 53.0 Å². The molecule has 0 aromatic heterocycles. The summed E-state index contributed by atoms with van der Waals surface area (Å²) in [5.41, 5.74) is 0.221. The summed E-state index contributed by atoms with van der Waals surface area (Å²) in [6, 6.07) is 5.30. The molecular formula is C23H37N3O4S. The molecule has 8 heteroatoms. The lowest BCUT2D eigenvalue weighted by Crippen LogP contribution is -2.50. The van der Waals surface area contributed by atoms with E-state index in [1.54, 1.807) is 26.0 Å². The van der Waals surface area contributed by atoms with Crippen LogP contribution in [0.25, 0.3) is 0 Å². The van der Waals surface area contributed by atoms with Crippen molar-refractivity contribution < 1.29 is 18.0 Å². The van der Waals surface area contributed by atoms with Gasteiger partial charge in [0.2, 0.25) is 15.9 Å². The number of sulfonamides is 1. The van der Waals surface area contributed by atoms with Crippen LogP contribution in [0.15, 0.2) is 29.2 Å². The van der Waals surface area contributed by atoms with Crippen molar-refractivity contribution >= 4 is 21.8 Å². The summed E-state index contributed by atoms with van der Waals surface area (Å²) >= 11 is 0. The highest BCUT2D eigenvalue weighted by molar-refractivity contribution is 7.89. The molecule has 174 valence electrons. The summed E-state index contributed by atoms with van der Waals surface area (Å²) in [6.45, 7) is 8.65. The molecule has 2 amide bonds. The van der Waals surface area contributed by atoms with E-state index in [4.69, 9.17) is 0 Å². The van der Waals surface area contributed by atoms with E-state index in [0.717, 1.165) is 12.8 Å². The normalized spacial score (nSPS) is 16.3. The van der Waals surface area contributed by atoms with E-state index in [1.165, 1.54) is 35.7 Å².